The molecule has 0 bridgehead atoms. The van der Waals surface area contributed by atoms with Crippen molar-refractivity contribution in [3.8, 4) is 5.82 Å². The first-order valence-corrected chi connectivity index (χ1v) is 9.58. The molecule has 0 aromatic carbocycles. The number of carbonyl (C=O) groups is 1. The van der Waals surface area contributed by atoms with Crippen molar-refractivity contribution in [1.29, 1.82) is 0 Å². The van der Waals surface area contributed by atoms with Gasteiger partial charge in [0.15, 0.2) is 11.5 Å². The molecule has 3 aromatic heterocycles. The average molecular weight is 440 g/mol. The fraction of sp³-hybridized carbons (Fsp3) is 0.389. The summed E-state index contributed by atoms with van der Waals surface area (Å²) in [5, 5.41) is 12.0. The van der Waals surface area contributed by atoms with Crippen LogP contribution < -0.4 is 0 Å². The van der Waals surface area contributed by atoms with Crippen molar-refractivity contribution in [3.05, 3.63) is 52.2 Å². The topological polar surface area (TPSA) is 81.7 Å². The number of hydrogen-bond acceptors (Lipinski definition) is 5. The minimum Gasteiger partial charge on any atom is -0.329 e. The Morgan fingerprint density at radius 1 is 1.33 bits per heavy atom. The molecule has 0 saturated heterocycles. The summed E-state index contributed by atoms with van der Waals surface area (Å²) >= 11 is 5.88. The van der Waals surface area contributed by atoms with Gasteiger partial charge in [0.05, 0.1) is 22.8 Å². The van der Waals surface area contributed by atoms with Crippen LogP contribution in [0.15, 0.2) is 24.5 Å². The molecule has 158 valence electrons. The van der Waals surface area contributed by atoms with E-state index in [0.717, 1.165) is 11.9 Å². The number of aryl methyl sites for hydroxylation is 1. The summed E-state index contributed by atoms with van der Waals surface area (Å²) in [6.45, 7) is 4.59. The van der Waals surface area contributed by atoms with Crippen molar-refractivity contribution in [1.82, 2.24) is 34.7 Å². The Labute approximate surface area is 174 Å². The lowest BCUT2D eigenvalue weighted by molar-refractivity contribution is -0.141. The van der Waals surface area contributed by atoms with Gasteiger partial charge in [-0.2, -0.15) is 23.0 Å². The molecule has 1 amide bonds. The third kappa shape index (κ3) is 3.42. The van der Waals surface area contributed by atoms with Gasteiger partial charge in [0, 0.05) is 37.5 Å². The Bertz CT molecular complexity index is 1110. The maximum Gasteiger partial charge on any atom is 0.434 e. The van der Waals surface area contributed by atoms with Crippen molar-refractivity contribution in [2.24, 2.45) is 0 Å². The van der Waals surface area contributed by atoms with Gasteiger partial charge in [-0.1, -0.05) is 16.8 Å². The molecule has 1 aliphatic rings. The summed E-state index contributed by atoms with van der Waals surface area (Å²) in [5.41, 5.74) is -0.153. The predicted octanol–water partition coefficient (Wildman–Crippen LogP) is 3.14. The van der Waals surface area contributed by atoms with Crippen molar-refractivity contribution in [2.75, 3.05) is 0 Å². The SMILES string of the molecule is CCn1ccc(-n2nnc3c2CC(C)N(C(=O)c2ccnc(C(F)(F)F)c2Cl)C3)n1. The maximum absolute atomic E-state index is 13.1. The lowest BCUT2D eigenvalue weighted by Crippen LogP contribution is -2.43. The first-order valence-electron chi connectivity index (χ1n) is 9.20. The van der Waals surface area contributed by atoms with Crippen LogP contribution in [0.2, 0.25) is 5.02 Å². The van der Waals surface area contributed by atoms with Gasteiger partial charge in [-0.3, -0.25) is 14.5 Å². The molecule has 1 unspecified atom stereocenters. The highest BCUT2D eigenvalue weighted by Crippen LogP contribution is 2.35. The van der Waals surface area contributed by atoms with Crippen LogP contribution in [0.25, 0.3) is 5.82 Å². The fourth-order valence-electron chi connectivity index (χ4n) is 3.42. The number of amides is 1. The number of pyridine rings is 1. The summed E-state index contributed by atoms with van der Waals surface area (Å²) in [7, 11) is 0. The van der Waals surface area contributed by atoms with E-state index < -0.39 is 22.8 Å². The molecule has 1 aliphatic heterocycles. The molecule has 0 spiro atoms. The molecule has 12 heteroatoms. The zero-order valence-electron chi connectivity index (χ0n) is 16.1. The molecule has 4 rings (SSSR count). The zero-order chi connectivity index (χ0) is 21.6. The Balaban J connectivity index is 1.64. The van der Waals surface area contributed by atoms with E-state index in [-0.39, 0.29) is 18.2 Å². The minimum absolute atomic E-state index is 0.101. The van der Waals surface area contributed by atoms with Crippen LogP contribution >= 0.6 is 11.6 Å². The molecular formula is C18H17ClF3N7O. The molecule has 8 nitrogen and oxygen atoms in total. The molecular weight excluding hydrogens is 423 g/mol. The summed E-state index contributed by atoms with van der Waals surface area (Å²) in [5.74, 6) is 0.000402. The highest BCUT2D eigenvalue weighted by Gasteiger charge is 2.38. The summed E-state index contributed by atoms with van der Waals surface area (Å²) in [6, 6.07) is 2.70. The molecule has 0 fully saturated rings. The molecule has 3 aromatic rings. The van der Waals surface area contributed by atoms with Crippen molar-refractivity contribution in [3.63, 3.8) is 0 Å². The second kappa shape index (κ2) is 7.38. The number of fused-ring (bicyclic) bond motifs is 1. The van der Waals surface area contributed by atoms with Gasteiger partial charge in [-0.15, -0.1) is 5.10 Å². The summed E-state index contributed by atoms with van der Waals surface area (Å²) < 4.78 is 42.7. The molecule has 0 aliphatic carbocycles. The van der Waals surface area contributed by atoms with E-state index in [1.807, 2.05) is 26.1 Å². The van der Waals surface area contributed by atoms with Crippen LogP contribution in [-0.2, 0) is 25.7 Å². The molecule has 1 atom stereocenters. The monoisotopic (exact) mass is 439 g/mol. The van der Waals surface area contributed by atoms with Gasteiger partial charge in [0.1, 0.15) is 5.69 Å². The molecule has 4 heterocycles. The Morgan fingerprint density at radius 2 is 2.10 bits per heavy atom. The number of aromatic nitrogens is 6. The first kappa shape index (κ1) is 20.3. The smallest absolute Gasteiger partial charge is 0.329 e. The third-order valence-corrected chi connectivity index (χ3v) is 5.38. The fourth-order valence-corrected chi connectivity index (χ4v) is 3.72. The summed E-state index contributed by atoms with van der Waals surface area (Å²) in [4.78, 5) is 17.7. The molecule has 30 heavy (non-hydrogen) atoms. The van der Waals surface area contributed by atoms with Gasteiger partial charge in [0.2, 0.25) is 0 Å². The minimum atomic E-state index is -4.75. The largest absolute Gasteiger partial charge is 0.434 e. The van der Waals surface area contributed by atoms with E-state index >= 15 is 0 Å². The van der Waals surface area contributed by atoms with Gasteiger partial charge >= 0.3 is 6.18 Å². The lowest BCUT2D eigenvalue weighted by Gasteiger charge is -2.33. The van der Waals surface area contributed by atoms with Gasteiger partial charge < -0.3 is 4.90 Å². The van der Waals surface area contributed by atoms with Crippen molar-refractivity contribution in [2.45, 2.75) is 45.6 Å². The highest BCUT2D eigenvalue weighted by atomic mass is 35.5. The van der Waals surface area contributed by atoms with Crippen molar-refractivity contribution < 1.29 is 18.0 Å². The zero-order valence-corrected chi connectivity index (χ0v) is 16.8. The van der Waals surface area contributed by atoms with E-state index in [2.05, 4.69) is 20.4 Å². The highest BCUT2D eigenvalue weighted by molar-refractivity contribution is 6.34. The third-order valence-electron chi connectivity index (χ3n) is 5.00. The molecule has 0 saturated carbocycles. The van der Waals surface area contributed by atoms with Crippen LogP contribution in [0.5, 0.6) is 0 Å². The van der Waals surface area contributed by atoms with Crippen LogP contribution in [0.1, 0.15) is 41.3 Å². The Kier molecular flexibility index (Phi) is 5.00. The second-order valence-corrected chi connectivity index (χ2v) is 7.31. The quantitative estimate of drug-likeness (QED) is 0.626. The van der Waals surface area contributed by atoms with Gasteiger partial charge in [-0.05, 0) is 19.9 Å². The number of alkyl halides is 3. The number of hydrogen-bond donors (Lipinski definition) is 0. The van der Waals surface area contributed by atoms with E-state index in [9.17, 15) is 18.0 Å². The van der Waals surface area contributed by atoms with E-state index in [1.54, 1.807) is 9.36 Å². The Morgan fingerprint density at radius 3 is 2.77 bits per heavy atom. The average Bonchev–Trinajstić information content (AvgIpc) is 3.32. The van der Waals surface area contributed by atoms with Gasteiger partial charge in [0.25, 0.3) is 5.91 Å². The van der Waals surface area contributed by atoms with E-state index in [1.165, 1.54) is 11.0 Å². The summed E-state index contributed by atoms with van der Waals surface area (Å²) in [6.07, 6.45) is -1.57. The standard InChI is InChI=1S/C18H17ClF3N7O/c1-3-27-7-5-14(25-27)29-13-8-10(2)28(9-12(13)24-26-29)17(30)11-4-6-23-16(15(11)19)18(20,21)22/h4-7,10H,3,8-9H2,1-2H3. The molecule has 0 radical (unpaired) electrons. The first-order chi connectivity index (χ1) is 14.2. The maximum atomic E-state index is 13.1. The number of halogens is 4. The van der Waals surface area contributed by atoms with Crippen LogP contribution in [-0.4, -0.2) is 46.6 Å². The number of rotatable bonds is 3. The van der Waals surface area contributed by atoms with Crippen LogP contribution in [0, 0.1) is 0 Å². The van der Waals surface area contributed by atoms with Crippen LogP contribution in [0.3, 0.4) is 0 Å². The Hall–Kier alpha value is -2.95. The van der Waals surface area contributed by atoms with E-state index in [0.29, 0.717) is 24.5 Å². The van der Waals surface area contributed by atoms with Crippen LogP contribution in [0.4, 0.5) is 13.2 Å². The molecule has 0 N–H and O–H groups in total. The second-order valence-electron chi connectivity index (χ2n) is 6.93. The van der Waals surface area contributed by atoms with E-state index in [4.69, 9.17) is 11.6 Å². The normalized spacial score (nSPS) is 16.6. The number of carbonyl (C=O) groups excluding carboxylic acids is 1. The number of nitrogens with zero attached hydrogens (tertiary/aromatic N) is 7. The van der Waals surface area contributed by atoms with Gasteiger partial charge in [-0.25, -0.2) is 0 Å². The van der Waals surface area contributed by atoms with Crippen molar-refractivity contribution >= 4 is 17.5 Å². The predicted molar refractivity (Wildman–Crippen MR) is 100 cm³/mol. The lowest BCUT2D eigenvalue weighted by atomic mass is 10.0.